The van der Waals surface area contributed by atoms with Gasteiger partial charge in [0.25, 0.3) is 0 Å². The molecule has 0 aliphatic carbocycles. The summed E-state index contributed by atoms with van der Waals surface area (Å²) in [6.07, 6.45) is 1.06. The molecule has 0 aromatic carbocycles. The van der Waals surface area contributed by atoms with Crippen molar-refractivity contribution in [2.75, 3.05) is 13.1 Å². The van der Waals surface area contributed by atoms with E-state index in [9.17, 15) is 4.79 Å². The van der Waals surface area contributed by atoms with Crippen LogP contribution in [-0.4, -0.2) is 34.9 Å². The highest BCUT2D eigenvalue weighted by Crippen LogP contribution is 2.15. The number of hydrogen-bond acceptors (Lipinski definition) is 3. The van der Waals surface area contributed by atoms with Crippen molar-refractivity contribution in [2.24, 2.45) is 16.8 Å². The highest BCUT2D eigenvalue weighted by molar-refractivity contribution is 5.98. The number of amidine groups is 1. The summed E-state index contributed by atoms with van der Waals surface area (Å²) in [6.45, 7) is 3.69. The van der Waals surface area contributed by atoms with Crippen LogP contribution in [0.3, 0.4) is 0 Å². The van der Waals surface area contributed by atoms with E-state index in [1.165, 1.54) is 0 Å². The van der Waals surface area contributed by atoms with Gasteiger partial charge in [0, 0.05) is 13.1 Å². The predicted octanol–water partition coefficient (Wildman–Crippen LogP) is -0.00870. The Balaban J connectivity index is 2.40. The Labute approximate surface area is 77.2 Å². The molecule has 5 nitrogen and oxygen atoms in total. The third kappa shape index (κ3) is 2.61. The fourth-order valence-corrected chi connectivity index (χ4v) is 1.46. The molecule has 74 valence electrons. The molecule has 1 rings (SSSR count). The van der Waals surface area contributed by atoms with Crippen molar-refractivity contribution in [2.45, 2.75) is 19.8 Å². The van der Waals surface area contributed by atoms with Crippen LogP contribution in [-0.2, 0) is 4.79 Å². The monoisotopic (exact) mass is 185 g/mol. The zero-order chi connectivity index (χ0) is 9.84. The van der Waals surface area contributed by atoms with Crippen LogP contribution in [0.4, 0.5) is 0 Å². The van der Waals surface area contributed by atoms with Gasteiger partial charge in [-0.3, -0.25) is 4.79 Å². The largest absolute Gasteiger partial charge is 0.409 e. The Morgan fingerprint density at radius 2 is 2.46 bits per heavy atom. The van der Waals surface area contributed by atoms with Crippen molar-refractivity contribution < 1.29 is 10.0 Å². The molecule has 13 heavy (non-hydrogen) atoms. The molecular weight excluding hydrogens is 170 g/mol. The lowest BCUT2D eigenvalue weighted by molar-refractivity contribution is -0.129. The summed E-state index contributed by atoms with van der Waals surface area (Å²) in [5, 5.41) is 11.0. The molecule has 0 radical (unpaired) electrons. The van der Waals surface area contributed by atoms with Crippen LogP contribution in [0.25, 0.3) is 0 Å². The predicted molar refractivity (Wildman–Crippen MR) is 48.4 cm³/mol. The van der Waals surface area contributed by atoms with E-state index in [4.69, 9.17) is 10.9 Å². The first-order valence-electron chi connectivity index (χ1n) is 4.37. The van der Waals surface area contributed by atoms with Gasteiger partial charge in [0.1, 0.15) is 5.84 Å². The highest BCUT2D eigenvalue weighted by atomic mass is 16.4. The first-order chi connectivity index (χ1) is 6.13. The number of carbonyl (C=O) groups is 1. The fourth-order valence-electron chi connectivity index (χ4n) is 1.46. The number of hydrogen-bond donors (Lipinski definition) is 2. The topological polar surface area (TPSA) is 78.9 Å². The van der Waals surface area contributed by atoms with Crippen LogP contribution < -0.4 is 5.73 Å². The second kappa shape index (κ2) is 4.11. The number of amides is 1. The second-order valence-corrected chi connectivity index (χ2v) is 3.50. The lowest BCUT2D eigenvalue weighted by Gasteiger charge is -2.14. The van der Waals surface area contributed by atoms with Gasteiger partial charge in [-0.15, -0.1) is 0 Å². The minimum atomic E-state index is -0.0559. The maximum atomic E-state index is 11.4. The minimum absolute atomic E-state index is 0.0171. The van der Waals surface area contributed by atoms with Crippen molar-refractivity contribution in [1.82, 2.24) is 4.90 Å². The molecule has 0 spiro atoms. The van der Waals surface area contributed by atoms with Crippen LogP contribution in [0.5, 0.6) is 0 Å². The number of rotatable bonds is 2. The average Bonchev–Trinajstić information content (AvgIpc) is 2.51. The Hall–Kier alpha value is -1.26. The van der Waals surface area contributed by atoms with Crippen molar-refractivity contribution in [3.63, 3.8) is 0 Å². The van der Waals surface area contributed by atoms with Crippen LogP contribution in [0.1, 0.15) is 19.8 Å². The molecule has 0 aromatic rings. The zero-order valence-electron chi connectivity index (χ0n) is 7.73. The molecule has 1 saturated heterocycles. The van der Waals surface area contributed by atoms with Gasteiger partial charge < -0.3 is 15.8 Å². The molecule has 1 aliphatic rings. The lowest BCUT2D eigenvalue weighted by Crippen LogP contribution is -2.32. The molecule has 1 unspecified atom stereocenters. The van der Waals surface area contributed by atoms with Crippen molar-refractivity contribution in [1.29, 1.82) is 0 Å². The summed E-state index contributed by atoms with van der Waals surface area (Å²) in [5.74, 6) is 0.487. The average molecular weight is 185 g/mol. The number of likely N-dealkylation sites (tertiary alicyclic amines) is 1. The van der Waals surface area contributed by atoms with E-state index in [1.54, 1.807) is 4.90 Å². The van der Waals surface area contributed by atoms with Crippen molar-refractivity contribution >= 4 is 11.7 Å². The second-order valence-electron chi connectivity index (χ2n) is 3.50. The van der Waals surface area contributed by atoms with E-state index in [0.29, 0.717) is 5.92 Å². The van der Waals surface area contributed by atoms with Gasteiger partial charge in [0.05, 0.1) is 6.42 Å². The van der Waals surface area contributed by atoms with Gasteiger partial charge >= 0.3 is 0 Å². The van der Waals surface area contributed by atoms with Crippen molar-refractivity contribution in [3.05, 3.63) is 0 Å². The van der Waals surface area contributed by atoms with E-state index in [2.05, 4.69) is 12.1 Å². The van der Waals surface area contributed by atoms with Gasteiger partial charge in [-0.05, 0) is 12.3 Å². The normalized spacial score (nSPS) is 23.6. The summed E-state index contributed by atoms with van der Waals surface area (Å²) < 4.78 is 0. The maximum absolute atomic E-state index is 11.4. The first-order valence-corrected chi connectivity index (χ1v) is 4.37. The zero-order valence-corrected chi connectivity index (χ0v) is 7.73. The van der Waals surface area contributed by atoms with Gasteiger partial charge in [-0.25, -0.2) is 0 Å². The number of carbonyl (C=O) groups excluding carboxylic acids is 1. The van der Waals surface area contributed by atoms with E-state index >= 15 is 0 Å². The van der Waals surface area contributed by atoms with Gasteiger partial charge in [0.2, 0.25) is 5.91 Å². The smallest absolute Gasteiger partial charge is 0.230 e. The third-order valence-corrected chi connectivity index (χ3v) is 2.24. The van der Waals surface area contributed by atoms with E-state index in [-0.39, 0.29) is 18.2 Å². The molecule has 1 fully saturated rings. The summed E-state index contributed by atoms with van der Waals surface area (Å²) >= 11 is 0. The van der Waals surface area contributed by atoms with Gasteiger partial charge in [0.15, 0.2) is 0 Å². The molecule has 0 saturated carbocycles. The van der Waals surface area contributed by atoms with E-state index in [1.807, 2.05) is 0 Å². The molecule has 1 amide bonds. The minimum Gasteiger partial charge on any atom is -0.409 e. The van der Waals surface area contributed by atoms with Crippen LogP contribution in [0.2, 0.25) is 0 Å². The standard InChI is InChI=1S/C8H15N3O2/c1-6-2-3-11(5-6)8(12)4-7(9)10-13/h6,13H,2-5H2,1H3,(H2,9,10). The molecule has 1 atom stereocenters. The molecular formula is C8H15N3O2. The summed E-state index contributed by atoms with van der Waals surface area (Å²) in [6, 6.07) is 0. The van der Waals surface area contributed by atoms with Gasteiger partial charge in [-0.2, -0.15) is 0 Å². The molecule has 3 N–H and O–H groups in total. The highest BCUT2D eigenvalue weighted by Gasteiger charge is 2.23. The number of nitrogens with two attached hydrogens (primary N) is 1. The first kappa shape index (κ1) is 9.83. The number of oxime groups is 1. The van der Waals surface area contributed by atoms with Crippen LogP contribution >= 0.6 is 0 Å². The summed E-state index contributed by atoms with van der Waals surface area (Å²) in [7, 11) is 0. The summed E-state index contributed by atoms with van der Waals surface area (Å²) in [5.41, 5.74) is 5.23. The molecule has 1 heterocycles. The summed E-state index contributed by atoms with van der Waals surface area (Å²) in [4.78, 5) is 13.2. The lowest BCUT2D eigenvalue weighted by atomic mass is 10.2. The molecule has 5 heteroatoms. The van der Waals surface area contributed by atoms with E-state index in [0.717, 1.165) is 19.5 Å². The Kier molecular flexibility index (Phi) is 3.11. The number of nitrogens with zero attached hydrogens (tertiary/aromatic N) is 2. The Bertz CT molecular complexity index is 227. The van der Waals surface area contributed by atoms with Crippen molar-refractivity contribution in [3.8, 4) is 0 Å². The van der Waals surface area contributed by atoms with Crippen LogP contribution in [0, 0.1) is 5.92 Å². The quantitative estimate of drug-likeness (QED) is 0.275. The van der Waals surface area contributed by atoms with Gasteiger partial charge in [-0.1, -0.05) is 12.1 Å². The maximum Gasteiger partial charge on any atom is 0.230 e. The van der Waals surface area contributed by atoms with Crippen LogP contribution in [0.15, 0.2) is 5.16 Å². The molecule has 0 bridgehead atoms. The molecule has 0 aromatic heterocycles. The third-order valence-electron chi connectivity index (χ3n) is 2.24. The Morgan fingerprint density at radius 1 is 1.77 bits per heavy atom. The molecule has 1 aliphatic heterocycles. The SMILES string of the molecule is CC1CCN(C(=O)CC(N)=NO)C1. The van der Waals surface area contributed by atoms with E-state index < -0.39 is 0 Å². The Morgan fingerprint density at radius 3 is 2.92 bits per heavy atom. The fraction of sp³-hybridized carbons (Fsp3) is 0.750.